The molecule has 0 saturated heterocycles. The van der Waals surface area contributed by atoms with Crippen LogP contribution < -0.4 is 0 Å². The summed E-state index contributed by atoms with van der Waals surface area (Å²) in [5.41, 5.74) is 1.67. The van der Waals surface area contributed by atoms with Crippen molar-refractivity contribution in [3.05, 3.63) is 29.8 Å². The van der Waals surface area contributed by atoms with Gasteiger partial charge in [-0.25, -0.2) is 0 Å². The first-order chi connectivity index (χ1) is 14.5. The summed E-state index contributed by atoms with van der Waals surface area (Å²) in [6, 6.07) is 6.74. The zero-order valence-electron chi connectivity index (χ0n) is 17.1. The van der Waals surface area contributed by atoms with E-state index in [0.29, 0.717) is 11.4 Å². The Balaban J connectivity index is 1.78. The molecule has 31 heavy (non-hydrogen) atoms. The molecule has 1 fully saturated rings. The lowest BCUT2D eigenvalue weighted by molar-refractivity contribution is -0.164. The normalized spacial score (nSPS) is 15.0. The Hall–Kier alpha value is -2.56. The van der Waals surface area contributed by atoms with E-state index < -0.39 is 37.2 Å². The molecule has 11 heteroatoms. The molecule has 3 rings (SSSR count). The molecule has 168 valence electrons. The molecule has 0 bridgehead atoms. The summed E-state index contributed by atoms with van der Waals surface area (Å²) in [5.74, 6) is -1.68. The Labute approximate surface area is 181 Å². The molecule has 1 aromatic carbocycles. The van der Waals surface area contributed by atoms with E-state index in [2.05, 4.69) is 10.2 Å². The van der Waals surface area contributed by atoms with Crippen LogP contribution >= 0.6 is 11.8 Å². The maximum atomic E-state index is 13.0. The second kappa shape index (κ2) is 9.29. The molecule has 0 spiro atoms. The molecule has 1 aliphatic rings. The van der Waals surface area contributed by atoms with Gasteiger partial charge in [0.15, 0.2) is 11.0 Å². The predicted molar refractivity (Wildman–Crippen MR) is 109 cm³/mol. The lowest BCUT2D eigenvalue weighted by atomic mass is 10.1. The minimum atomic E-state index is -4.49. The molecule has 0 radical (unpaired) electrons. The quantitative estimate of drug-likeness (QED) is 0.580. The Kier molecular flexibility index (Phi) is 6.93. The SMILES string of the molecule is Cc1ccc(-c2nnc(SCC(=O)N(CC(F)(F)F)C(C)C3CC3)n2CC(=O)O)cc1. The fourth-order valence-corrected chi connectivity index (χ4v) is 4.11. The summed E-state index contributed by atoms with van der Waals surface area (Å²) in [7, 11) is 0. The highest BCUT2D eigenvalue weighted by Gasteiger charge is 2.40. The number of thioether (sulfide) groups is 1. The van der Waals surface area contributed by atoms with Crippen molar-refractivity contribution >= 4 is 23.6 Å². The van der Waals surface area contributed by atoms with E-state index in [9.17, 15) is 27.9 Å². The number of halogens is 3. The van der Waals surface area contributed by atoms with E-state index in [1.165, 1.54) is 4.57 Å². The minimum Gasteiger partial charge on any atom is -0.480 e. The molecule has 1 unspecified atom stereocenters. The van der Waals surface area contributed by atoms with Gasteiger partial charge in [-0.15, -0.1) is 10.2 Å². The first kappa shape index (κ1) is 23.1. The lowest BCUT2D eigenvalue weighted by Gasteiger charge is -2.30. The highest BCUT2D eigenvalue weighted by Crippen LogP contribution is 2.36. The van der Waals surface area contributed by atoms with Crippen molar-refractivity contribution in [2.45, 2.75) is 50.6 Å². The molecule has 7 nitrogen and oxygen atoms in total. The zero-order chi connectivity index (χ0) is 22.8. The summed E-state index contributed by atoms with van der Waals surface area (Å²) in [4.78, 5) is 24.9. The van der Waals surface area contributed by atoms with Gasteiger partial charge in [-0.3, -0.25) is 14.2 Å². The van der Waals surface area contributed by atoms with Crippen LogP contribution in [0.5, 0.6) is 0 Å². The van der Waals surface area contributed by atoms with E-state index in [1.54, 1.807) is 19.1 Å². The van der Waals surface area contributed by atoms with Crippen LogP contribution in [0.2, 0.25) is 0 Å². The van der Waals surface area contributed by atoms with E-state index in [1.807, 2.05) is 19.1 Å². The second-order valence-electron chi connectivity index (χ2n) is 7.66. The van der Waals surface area contributed by atoms with Crippen molar-refractivity contribution in [1.82, 2.24) is 19.7 Å². The third-order valence-corrected chi connectivity index (χ3v) is 6.06. The van der Waals surface area contributed by atoms with Gasteiger partial charge in [0.1, 0.15) is 13.1 Å². The highest BCUT2D eigenvalue weighted by molar-refractivity contribution is 7.99. The van der Waals surface area contributed by atoms with Crippen LogP contribution in [0.25, 0.3) is 11.4 Å². The van der Waals surface area contributed by atoms with Crippen molar-refractivity contribution < 1.29 is 27.9 Å². The largest absolute Gasteiger partial charge is 0.480 e. The number of nitrogens with zero attached hydrogens (tertiary/aromatic N) is 4. The van der Waals surface area contributed by atoms with Crippen molar-refractivity contribution in [1.29, 1.82) is 0 Å². The number of aryl methyl sites for hydroxylation is 1. The average molecular weight is 456 g/mol. The number of aliphatic carboxylic acids is 1. The number of alkyl halides is 3. The summed E-state index contributed by atoms with van der Waals surface area (Å²) < 4.78 is 40.4. The van der Waals surface area contributed by atoms with Crippen LogP contribution in [0.15, 0.2) is 29.4 Å². The molecule has 1 aromatic heterocycles. The summed E-state index contributed by atoms with van der Waals surface area (Å²) in [6.45, 7) is 1.81. The number of benzene rings is 1. The summed E-state index contributed by atoms with van der Waals surface area (Å²) in [6.07, 6.45) is -2.88. The number of amides is 1. The molecule has 1 aliphatic carbocycles. The Morgan fingerprint density at radius 1 is 1.26 bits per heavy atom. The number of hydrogen-bond acceptors (Lipinski definition) is 5. The molecular weight excluding hydrogens is 433 g/mol. The van der Waals surface area contributed by atoms with Crippen molar-refractivity contribution in [3.8, 4) is 11.4 Å². The lowest BCUT2D eigenvalue weighted by Crippen LogP contribution is -2.46. The number of carbonyl (C=O) groups is 2. The number of carbonyl (C=O) groups excluding carboxylic acids is 1. The maximum Gasteiger partial charge on any atom is 0.406 e. The smallest absolute Gasteiger partial charge is 0.406 e. The summed E-state index contributed by atoms with van der Waals surface area (Å²) >= 11 is 0.887. The number of aromatic nitrogens is 3. The highest BCUT2D eigenvalue weighted by atomic mass is 32.2. The van der Waals surface area contributed by atoms with E-state index in [-0.39, 0.29) is 16.8 Å². The van der Waals surface area contributed by atoms with Crippen LogP contribution in [-0.2, 0) is 16.1 Å². The molecule has 1 saturated carbocycles. The van der Waals surface area contributed by atoms with Crippen LogP contribution in [0, 0.1) is 12.8 Å². The number of carboxylic acids is 1. The molecule has 1 amide bonds. The zero-order valence-corrected chi connectivity index (χ0v) is 17.9. The fourth-order valence-electron chi connectivity index (χ4n) is 3.28. The third-order valence-electron chi connectivity index (χ3n) is 5.11. The maximum absolute atomic E-state index is 13.0. The topological polar surface area (TPSA) is 88.3 Å². The van der Waals surface area contributed by atoms with Gasteiger partial charge in [-0.05, 0) is 32.6 Å². The van der Waals surface area contributed by atoms with Crippen molar-refractivity contribution in [2.24, 2.45) is 5.92 Å². The summed E-state index contributed by atoms with van der Waals surface area (Å²) in [5, 5.41) is 17.5. The first-order valence-corrected chi connectivity index (χ1v) is 10.7. The Bertz CT molecular complexity index is 942. The first-order valence-electron chi connectivity index (χ1n) is 9.76. The van der Waals surface area contributed by atoms with Crippen LogP contribution in [0.1, 0.15) is 25.3 Å². The van der Waals surface area contributed by atoms with Gasteiger partial charge in [-0.2, -0.15) is 13.2 Å². The Morgan fingerprint density at radius 2 is 1.90 bits per heavy atom. The van der Waals surface area contributed by atoms with Crippen LogP contribution in [0.3, 0.4) is 0 Å². The molecule has 2 aromatic rings. The standard InChI is InChI=1S/C20H23F3N4O3S/c1-12-3-5-15(6-4-12)18-24-25-19(26(18)9-17(29)30)31-10-16(28)27(11-20(21,22)23)13(2)14-7-8-14/h3-6,13-14H,7-11H2,1-2H3,(H,29,30). The van der Waals surface area contributed by atoms with Crippen molar-refractivity contribution in [2.75, 3.05) is 12.3 Å². The minimum absolute atomic E-state index is 0.0834. The van der Waals surface area contributed by atoms with Crippen LogP contribution in [0.4, 0.5) is 13.2 Å². The van der Waals surface area contributed by atoms with Gasteiger partial charge in [-0.1, -0.05) is 41.6 Å². The number of carboxylic acid groups (broad SMARTS) is 1. The van der Waals surface area contributed by atoms with Gasteiger partial charge in [0, 0.05) is 11.6 Å². The number of rotatable bonds is 9. The molecular formula is C20H23F3N4O3S. The number of hydrogen-bond donors (Lipinski definition) is 1. The van der Waals surface area contributed by atoms with Gasteiger partial charge in [0.05, 0.1) is 5.75 Å². The van der Waals surface area contributed by atoms with Crippen LogP contribution in [-0.4, -0.2) is 61.2 Å². The fraction of sp³-hybridized carbons (Fsp3) is 0.500. The monoisotopic (exact) mass is 456 g/mol. The van der Waals surface area contributed by atoms with Gasteiger partial charge in [0.25, 0.3) is 0 Å². The van der Waals surface area contributed by atoms with E-state index in [4.69, 9.17) is 0 Å². The van der Waals surface area contributed by atoms with E-state index in [0.717, 1.165) is 35.1 Å². The Morgan fingerprint density at radius 3 is 2.45 bits per heavy atom. The third kappa shape index (κ3) is 6.22. The molecule has 1 N–H and O–H groups in total. The van der Waals surface area contributed by atoms with Gasteiger partial charge >= 0.3 is 12.1 Å². The predicted octanol–water partition coefficient (Wildman–Crippen LogP) is 3.62. The van der Waals surface area contributed by atoms with Crippen molar-refractivity contribution in [3.63, 3.8) is 0 Å². The second-order valence-corrected chi connectivity index (χ2v) is 8.60. The average Bonchev–Trinajstić information content (AvgIpc) is 3.46. The van der Waals surface area contributed by atoms with Gasteiger partial charge < -0.3 is 10.0 Å². The molecule has 1 atom stereocenters. The molecule has 1 heterocycles. The van der Waals surface area contributed by atoms with Gasteiger partial charge in [0.2, 0.25) is 5.91 Å². The molecule has 0 aliphatic heterocycles. The van der Waals surface area contributed by atoms with E-state index >= 15 is 0 Å².